The highest BCUT2D eigenvalue weighted by atomic mass is 32.1. The molecular weight excluding hydrogens is 260 g/mol. The molecule has 0 bridgehead atoms. The van der Waals surface area contributed by atoms with Crippen LogP contribution in [-0.4, -0.2) is 20.7 Å². The van der Waals surface area contributed by atoms with Crippen LogP contribution in [0.15, 0.2) is 29.8 Å². The van der Waals surface area contributed by atoms with Crippen LogP contribution in [-0.2, 0) is 7.05 Å². The Kier molecular flexibility index (Phi) is 2.79. The van der Waals surface area contributed by atoms with Gasteiger partial charge in [0.15, 0.2) is 0 Å². The van der Waals surface area contributed by atoms with Gasteiger partial charge in [0.1, 0.15) is 5.69 Å². The molecule has 0 spiro atoms. The van der Waals surface area contributed by atoms with Crippen molar-refractivity contribution in [1.82, 2.24) is 14.8 Å². The molecule has 96 valence electrons. The number of anilines is 1. The lowest BCUT2D eigenvalue weighted by molar-refractivity contribution is 0.101. The van der Waals surface area contributed by atoms with E-state index in [9.17, 15) is 4.79 Å². The number of thiazole rings is 1. The molecule has 19 heavy (non-hydrogen) atoms. The Labute approximate surface area is 113 Å². The Morgan fingerprint density at radius 2 is 2.21 bits per heavy atom. The van der Waals surface area contributed by atoms with Gasteiger partial charge in [0, 0.05) is 12.7 Å². The number of hydrogen-bond acceptors (Lipinski definition) is 4. The first-order valence-corrected chi connectivity index (χ1v) is 6.67. The van der Waals surface area contributed by atoms with Crippen LogP contribution in [0, 0.1) is 6.92 Å². The number of rotatable bonds is 2. The maximum absolute atomic E-state index is 12.1. The van der Waals surface area contributed by atoms with Gasteiger partial charge in [-0.1, -0.05) is 0 Å². The SMILES string of the molecule is Cc1cc(C(=O)Nc2ccc3scnc3c2)n(C)n1. The van der Waals surface area contributed by atoms with Crippen LogP contribution >= 0.6 is 11.3 Å². The second-order valence-corrected chi connectivity index (χ2v) is 5.17. The predicted molar refractivity (Wildman–Crippen MR) is 75.5 cm³/mol. The van der Waals surface area contributed by atoms with E-state index in [1.807, 2.05) is 25.1 Å². The van der Waals surface area contributed by atoms with Crippen LogP contribution < -0.4 is 5.32 Å². The largest absolute Gasteiger partial charge is 0.321 e. The van der Waals surface area contributed by atoms with Crippen molar-refractivity contribution in [3.8, 4) is 0 Å². The van der Waals surface area contributed by atoms with Crippen LogP contribution in [0.25, 0.3) is 10.2 Å². The van der Waals surface area contributed by atoms with Crippen molar-refractivity contribution in [3.05, 3.63) is 41.2 Å². The lowest BCUT2D eigenvalue weighted by atomic mass is 10.3. The number of hydrogen-bond donors (Lipinski definition) is 1. The van der Waals surface area contributed by atoms with Crippen LogP contribution in [0.3, 0.4) is 0 Å². The summed E-state index contributed by atoms with van der Waals surface area (Å²) < 4.78 is 2.68. The smallest absolute Gasteiger partial charge is 0.273 e. The normalized spacial score (nSPS) is 10.8. The van der Waals surface area contributed by atoms with Gasteiger partial charge in [0.2, 0.25) is 0 Å². The van der Waals surface area contributed by atoms with Gasteiger partial charge in [-0.3, -0.25) is 9.48 Å². The highest BCUT2D eigenvalue weighted by Crippen LogP contribution is 2.21. The monoisotopic (exact) mass is 272 g/mol. The third-order valence-electron chi connectivity index (χ3n) is 2.82. The van der Waals surface area contributed by atoms with E-state index in [1.54, 1.807) is 34.6 Å². The number of aryl methyl sites for hydroxylation is 2. The van der Waals surface area contributed by atoms with Gasteiger partial charge in [0.05, 0.1) is 21.4 Å². The number of carbonyl (C=O) groups is 1. The molecule has 2 aromatic heterocycles. The minimum atomic E-state index is -0.169. The Hall–Kier alpha value is -2.21. The van der Waals surface area contributed by atoms with Crippen molar-refractivity contribution in [2.75, 3.05) is 5.32 Å². The molecule has 0 aliphatic carbocycles. The van der Waals surface area contributed by atoms with Crippen molar-refractivity contribution < 1.29 is 4.79 Å². The van der Waals surface area contributed by atoms with Crippen molar-refractivity contribution in [2.45, 2.75) is 6.92 Å². The van der Waals surface area contributed by atoms with Gasteiger partial charge in [-0.15, -0.1) is 11.3 Å². The minimum absolute atomic E-state index is 0.169. The topological polar surface area (TPSA) is 59.8 Å². The third-order valence-corrected chi connectivity index (χ3v) is 3.63. The average molecular weight is 272 g/mol. The molecule has 0 unspecified atom stereocenters. The second kappa shape index (κ2) is 4.47. The van der Waals surface area contributed by atoms with E-state index >= 15 is 0 Å². The Morgan fingerprint density at radius 1 is 1.37 bits per heavy atom. The molecule has 6 heteroatoms. The predicted octanol–water partition coefficient (Wildman–Crippen LogP) is 2.59. The van der Waals surface area contributed by atoms with Crippen LogP contribution in [0.5, 0.6) is 0 Å². The second-order valence-electron chi connectivity index (χ2n) is 4.28. The molecule has 1 aromatic carbocycles. The summed E-state index contributed by atoms with van der Waals surface area (Å²) >= 11 is 1.58. The molecule has 2 heterocycles. The van der Waals surface area contributed by atoms with Crippen LogP contribution in [0.2, 0.25) is 0 Å². The first kappa shape index (κ1) is 11.9. The molecule has 0 fully saturated rings. The minimum Gasteiger partial charge on any atom is -0.321 e. The van der Waals surface area contributed by atoms with E-state index < -0.39 is 0 Å². The summed E-state index contributed by atoms with van der Waals surface area (Å²) in [5.41, 5.74) is 4.78. The summed E-state index contributed by atoms with van der Waals surface area (Å²) in [5, 5.41) is 7.02. The quantitative estimate of drug-likeness (QED) is 0.780. The molecule has 0 saturated heterocycles. The standard InChI is InChI=1S/C13H12N4OS/c1-8-5-11(17(2)16-8)13(18)15-9-3-4-12-10(6-9)14-7-19-12/h3-7H,1-2H3,(H,15,18). The molecule has 3 rings (SSSR count). The van der Waals surface area contributed by atoms with E-state index in [2.05, 4.69) is 15.4 Å². The lowest BCUT2D eigenvalue weighted by Gasteiger charge is -2.05. The molecular formula is C13H12N4OS. The molecule has 0 saturated carbocycles. The lowest BCUT2D eigenvalue weighted by Crippen LogP contribution is -2.15. The number of nitrogens with zero attached hydrogens (tertiary/aromatic N) is 3. The fraction of sp³-hybridized carbons (Fsp3) is 0.154. The van der Waals surface area contributed by atoms with Gasteiger partial charge in [-0.2, -0.15) is 5.10 Å². The van der Waals surface area contributed by atoms with E-state index in [0.717, 1.165) is 21.6 Å². The Morgan fingerprint density at radius 3 is 2.95 bits per heavy atom. The summed E-state index contributed by atoms with van der Waals surface area (Å²) in [4.78, 5) is 16.4. The molecule has 0 aliphatic rings. The summed E-state index contributed by atoms with van der Waals surface area (Å²) in [6.45, 7) is 1.86. The molecule has 3 aromatic rings. The molecule has 1 amide bonds. The number of aromatic nitrogens is 3. The van der Waals surface area contributed by atoms with E-state index in [0.29, 0.717) is 5.69 Å². The number of fused-ring (bicyclic) bond motifs is 1. The average Bonchev–Trinajstić information content (AvgIpc) is 2.94. The highest BCUT2D eigenvalue weighted by molar-refractivity contribution is 7.16. The number of nitrogens with one attached hydrogen (secondary N) is 1. The van der Waals surface area contributed by atoms with E-state index in [1.165, 1.54) is 0 Å². The maximum Gasteiger partial charge on any atom is 0.273 e. The van der Waals surface area contributed by atoms with Gasteiger partial charge in [-0.25, -0.2) is 4.98 Å². The molecule has 0 radical (unpaired) electrons. The zero-order chi connectivity index (χ0) is 13.4. The molecule has 0 aliphatic heterocycles. The third kappa shape index (κ3) is 2.22. The van der Waals surface area contributed by atoms with Crippen molar-refractivity contribution >= 4 is 33.1 Å². The fourth-order valence-corrected chi connectivity index (χ4v) is 2.61. The number of amides is 1. The number of benzene rings is 1. The van der Waals surface area contributed by atoms with Crippen molar-refractivity contribution in [2.24, 2.45) is 7.05 Å². The summed E-state index contributed by atoms with van der Waals surface area (Å²) in [7, 11) is 1.76. The fourth-order valence-electron chi connectivity index (χ4n) is 1.95. The maximum atomic E-state index is 12.1. The van der Waals surface area contributed by atoms with Crippen LogP contribution in [0.4, 0.5) is 5.69 Å². The summed E-state index contributed by atoms with van der Waals surface area (Å²) in [5.74, 6) is -0.169. The summed E-state index contributed by atoms with van der Waals surface area (Å²) in [6.07, 6.45) is 0. The molecule has 5 nitrogen and oxygen atoms in total. The zero-order valence-corrected chi connectivity index (χ0v) is 11.4. The molecule has 1 N–H and O–H groups in total. The van der Waals surface area contributed by atoms with Gasteiger partial charge in [-0.05, 0) is 31.2 Å². The zero-order valence-electron chi connectivity index (χ0n) is 10.5. The Bertz CT molecular complexity index is 759. The first-order valence-electron chi connectivity index (χ1n) is 5.79. The van der Waals surface area contributed by atoms with Crippen LogP contribution in [0.1, 0.15) is 16.2 Å². The van der Waals surface area contributed by atoms with Crippen molar-refractivity contribution in [1.29, 1.82) is 0 Å². The van der Waals surface area contributed by atoms with Gasteiger partial charge >= 0.3 is 0 Å². The molecule has 0 atom stereocenters. The van der Waals surface area contributed by atoms with Crippen molar-refractivity contribution in [3.63, 3.8) is 0 Å². The van der Waals surface area contributed by atoms with Gasteiger partial charge in [0.25, 0.3) is 5.91 Å². The van der Waals surface area contributed by atoms with E-state index in [-0.39, 0.29) is 5.91 Å². The van der Waals surface area contributed by atoms with Gasteiger partial charge < -0.3 is 5.32 Å². The Balaban J connectivity index is 1.88. The highest BCUT2D eigenvalue weighted by Gasteiger charge is 2.12. The summed E-state index contributed by atoms with van der Waals surface area (Å²) in [6, 6.07) is 7.46. The first-order chi connectivity index (χ1) is 9.13. The van der Waals surface area contributed by atoms with E-state index in [4.69, 9.17) is 0 Å². The number of carbonyl (C=O) groups excluding carboxylic acids is 1.